The number of nitrogens with zero attached hydrogens (tertiary/aromatic N) is 2. The van der Waals surface area contributed by atoms with Crippen LogP contribution in [0.25, 0.3) is 0 Å². The summed E-state index contributed by atoms with van der Waals surface area (Å²) in [6.07, 6.45) is 0.428. The molecule has 114 valence electrons. The van der Waals surface area contributed by atoms with E-state index >= 15 is 0 Å². The highest BCUT2D eigenvalue weighted by Crippen LogP contribution is 2.28. The summed E-state index contributed by atoms with van der Waals surface area (Å²) in [6.45, 7) is 5.29. The lowest BCUT2D eigenvalue weighted by Gasteiger charge is -2.48. The molecule has 2 saturated heterocycles. The van der Waals surface area contributed by atoms with Crippen molar-refractivity contribution in [1.29, 1.82) is 0 Å². The van der Waals surface area contributed by atoms with Gasteiger partial charge in [-0.3, -0.25) is 0 Å². The van der Waals surface area contributed by atoms with Crippen molar-refractivity contribution in [2.75, 3.05) is 32.8 Å². The molecule has 2 N–H and O–H groups in total. The highest BCUT2D eigenvalue weighted by molar-refractivity contribution is 5.76. The van der Waals surface area contributed by atoms with E-state index in [1.54, 1.807) is 16.7 Å². The Morgan fingerprint density at radius 1 is 1.40 bits per heavy atom. The SMILES string of the molecule is CC(O)C1CCN(C(=O)N2CC(C)(OCC(=O)O)C2)C1. The van der Waals surface area contributed by atoms with Crippen LogP contribution < -0.4 is 0 Å². The molecule has 0 saturated carbocycles. The van der Waals surface area contributed by atoms with E-state index in [0.29, 0.717) is 26.2 Å². The normalized spacial score (nSPS) is 26.2. The topological polar surface area (TPSA) is 90.3 Å². The van der Waals surface area contributed by atoms with Crippen molar-refractivity contribution in [2.24, 2.45) is 5.92 Å². The quantitative estimate of drug-likeness (QED) is 0.758. The predicted octanol–water partition coefficient (Wildman–Crippen LogP) is -0.0154. The number of likely N-dealkylation sites (tertiary alicyclic amines) is 2. The lowest BCUT2D eigenvalue weighted by molar-refractivity contribution is -0.160. The van der Waals surface area contributed by atoms with Gasteiger partial charge in [0.15, 0.2) is 0 Å². The molecular formula is C13H22N2O5. The van der Waals surface area contributed by atoms with Crippen LogP contribution in [0.1, 0.15) is 20.3 Å². The lowest BCUT2D eigenvalue weighted by Crippen LogP contribution is -2.65. The molecule has 2 amide bonds. The molecule has 0 bridgehead atoms. The zero-order valence-corrected chi connectivity index (χ0v) is 11.9. The van der Waals surface area contributed by atoms with E-state index < -0.39 is 17.7 Å². The maximum Gasteiger partial charge on any atom is 0.329 e. The van der Waals surface area contributed by atoms with Gasteiger partial charge in [-0.2, -0.15) is 0 Å². The molecule has 0 aliphatic carbocycles. The summed E-state index contributed by atoms with van der Waals surface area (Å²) in [7, 11) is 0. The molecule has 2 fully saturated rings. The Balaban J connectivity index is 1.78. The number of urea groups is 1. The molecule has 2 unspecified atom stereocenters. The smallest absolute Gasteiger partial charge is 0.329 e. The Bertz CT molecular complexity index is 392. The Labute approximate surface area is 118 Å². The Morgan fingerprint density at radius 2 is 2.05 bits per heavy atom. The molecule has 2 atom stereocenters. The fraction of sp³-hybridized carbons (Fsp3) is 0.846. The second-order valence-electron chi connectivity index (χ2n) is 6.01. The summed E-state index contributed by atoms with van der Waals surface area (Å²) in [5.41, 5.74) is -0.558. The summed E-state index contributed by atoms with van der Waals surface area (Å²) >= 11 is 0. The number of carboxylic acid groups (broad SMARTS) is 1. The molecule has 7 heteroatoms. The van der Waals surface area contributed by atoms with Crippen molar-refractivity contribution in [3.63, 3.8) is 0 Å². The van der Waals surface area contributed by atoms with Gasteiger partial charge in [0, 0.05) is 19.0 Å². The monoisotopic (exact) mass is 286 g/mol. The van der Waals surface area contributed by atoms with Crippen LogP contribution in [-0.2, 0) is 9.53 Å². The fourth-order valence-corrected chi connectivity index (χ4v) is 2.78. The first-order chi connectivity index (χ1) is 9.31. The average Bonchev–Trinajstić information content (AvgIpc) is 2.81. The van der Waals surface area contributed by atoms with Crippen LogP contribution in [0.5, 0.6) is 0 Å². The van der Waals surface area contributed by atoms with E-state index in [4.69, 9.17) is 9.84 Å². The fourth-order valence-electron chi connectivity index (χ4n) is 2.78. The summed E-state index contributed by atoms with van der Waals surface area (Å²) in [6, 6.07) is -0.0513. The van der Waals surface area contributed by atoms with E-state index in [2.05, 4.69) is 0 Å². The van der Waals surface area contributed by atoms with E-state index in [9.17, 15) is 14.7 Å². The van der Waals surface area contributed by atoms with Gasteiger partial charge in [0.2, 0.25) is 0 Å². The number of amides is 2. The van der Waals surface area contributed by atoms with Crippen LogP contribution in [0.3, 0.4) is 0 Å². The van der Waals surface area contributed by atoms with Crippen molar-refractivity contribution < 1.29 is 24.5 Å². The Kier molecular flexibility index (Phi) is 4.19. The van der Waals surface area contributed by atoms with Gasteiger partial charge in [0.05, 0.1) is 19.2 Å². The van der Waals surface area contributed by atoms with Crippen LogP contribution in [0.2, 0.25) is 0 Å². The number of rotatable bonds is 4. The number of aliphatic carboxylic acids is 1. The van der Waals surface area contributed by atoms with E-state index in [1.807, 2.05) is 6.92 Å². The Morgan fingerprint density at radius 3 is 2.55 bits per heavy atom. The second-order valence-corrected chi connectivity index (χ2v) is 6.01. The van der Waals surface area contributed by atoms with Crippen LogP contribution in [-0.4, -0.2) is 76.5 Å². The standard InChI is InChI=1S/C13H22N2O5/c1-9(16)10-3-4-14(5-10)12(19)15-7-13(2,8-15)20-6-11(17)18/h9-10,16H,3-8H2,1-2H3,(H,17,18). The minimum Gasteiger partial charge on any atom is -0.480 e. The van der Waals surface area contributed by atoms with Crippen molar-refractivity contribution >= 4 is 12.0 Å². The maximum atomic E-state index is 12.2. The second kappa shape index (κ2) is 5.57. The molecule has 0 aromatic heterocycles. The number of carbonyl (C=O) groups excluding carboxylic acids is 1. The largest absolute Gasteiger partial charge is 0.480 e. The zero-order chi connectivity index (χ0) is 14.9. The highest BCUT2D eigenvalue weighted by atomic mass is 16.5. The van der Waals surface area contributed by atoms with Crippen molar-refractivity contribution in [3.05, 3.63) is 0 Å². The van der Waals surface area contributed by atoms with Crippen LogP contribution >= 0.6 is 0 Å². The first-order valence-corrected chi connectivity index (χ1v) is 6.88. The first kappa shape index (κ1) is 15.1. The highest BCUT2D eigenvalue weighted by Gasteiger charge is 2.45. The number of aliphatic hydroxyl groups excluding tert-OH is 1. The number of aliphatic hydroxyl groups is 1. The summed E-state index contributed by atoms with van der Waals surface area (Å²) < 4.78 is 5.28. The van der Waals surface area contributed by atoms with Gasteiger partial charge in [-0.1, -0.05) is 0 Å². The number of ether oxygens (including phenoxy) is 1. The van der Waals surface area contributed by atoms with E-state index in [1.165, 1.54) is 0 Å². The van der Waals surface area contributed by atoms with Gasteiger partial charge in [-0.15, -0.1) is 0 Å². The minimum atomic E-state index is -1.00. The molecule has 0 aromatic carbocycles. The average molecular weight is 286 g/mol. The molecular weight excluding hydrogens is 264 g/mol. The summed E-state index contributed by atoms with van der Waals surface area (Å²) in [4.78, 5) is 26.1. The van der Waals surface area contributed by atoms with Crippen LogP contribution in [0, 0.1) is 5.92 Å². The van der Waals surface area contributed by atoms with Gasteiger partial charge in [0.25, 0.3) is 0 Å². The molecule has 0 aromatic rings. The molecule has 2 rings (SSSR count). The first-order valence-electron chi connectivity index (χ1n) is 6.88. The number of carboxylic acids is 1. The third kappa shape index (κ3) is 3.21. The molecule has 2 aliphatic rings. The zero-order valence-electron chi connectivity index (χ0n) is 11.9. The van der Waals surface area contributed by atoms with Crippen molar-refractivity contribution in [3.8, 4) is 0 Å². The lowest BCUT2D eigenvalue weighted by atomic mass is 9.97. The molecule has 0 spiro atoms. The number of carbonyl (C=O) groups is 2. The molecule has 0 radical (unpaired) electrons. The van der Waals surface area contributed by atoms with Gasteiger partial charge in [0.1, 0.15) is 12.2 Å². The van der Waals surface area contributed by atoms with E-state index in [-0.39, 0.29) is 18.6 Å². The maximum absolute atomic E-state index is 12.2. The number of hydrogen-bond acceptors (Lipinski definition) is 4. The third-order valence-electron chi connectivity index (χ3n) is 4.04. The van der Waals surface area contributed by atoms with E-state index in [0.717, 1.165) is 6.42 Å². The molecule has 7 nitrogen and oxygen atoms in total. The minimum absolute atomic E-state index is 0.0513. The van der Waals surface area contributed by atoms with Gasteiger partial charge < -0.3 is 24.7 Å². The van der Waals surface area contributed by atoms with Crippen molar-refractivity contribution in [2.45, 2.75) is 32.0 Å². The van der Waals surface area contributed by atoms with Crippen molar-refractivity contribution in [1.82, 2.24) is 9.80 Å². The van der Waals surface area contributed by atoms with Gasteiger partial charge >= 0.3 is 12.0 Å². The predicted molar refractivity (Wildman–Crippen MR) is 70.3 cm³/mol. The van der Waals surface area contributed by atoms with Crippen LogP contribution in [0.15, 0.2) is 0 Å². The molecule has 2 heterocycles. The Hall–Kier alpha value is -1.34. The van der Waals surface area contributed by atoms with Gasteiger partial charge in [-0.05, 0) is 20.3 Å². The molecule has 2 aliphatic heterocycles. The van der Waals surface area contributed by atoms with Gasteiger partial charge in [-0.25, -0.2) is 9.59 Å². The summed E-state index contributed by atoms with van der Waals surface area (Å²) in [5, 5.41) is 18.1. The van der Waals surface area contributed by atoms with Crippen LogP contribution in [0.4, 0.5) is 4.79 Å². The third-order valence-corrected chi connectivity index (χ3v) is 4.04. The number of hydrogen-bond donors (Lipinski definition) is 2. The molecule has 20 heavy (non-hydrogen) atoms. The summed E-state index contributed by atoms with van der Waals surface area (Å²) in [5.74, 6) is -0.856.